The van der Waals surface area contributed by atoms with Gasteiger partial charge in [0, 0.05) is 6.54 Å². The fourth-order valence-electron chi connectivity index (χ4n) is 3.25. The molecule has 146 valence electrons. The van der Waals surface area contributed by atoms with Gasteiger partial charge in [-0.15, -0.1) is 0 Å². The van der Waals surface area contributed by atoms with Crippen LogP contribution in [0.15, 0.2) is 83.6 Å². The van der Waals surface area contributed by atoms with E-state index in [2.05, 4.69) is 5.10 Å². The molecule has 29 heavy (non-hydrogen) atoms. The first-order valence-electron chi connectivity index (χ1n) is 9.28. The van der Waals surface area contributed by atoms with Gasteiger partial charge in [0.15, 0.2) is 0 Å². The van der Waals surface area contributed by atoms with Crippen molar-refractivity contribution in [2.45, 2.75) is 20.0 Å². The Bertz CT molecular complexity index is 1100. The zero-order valence-corrected chi connectivity index (χ0v) is 16.0. The van der Waals surface area contributed by atoms with Gasteiger partial charge in [0.05, 0.1) is 30.3 Å². The Labute approximate surface area is 168 Å². The molecule has 0 bridgehead atoms. The summed E-state index contributed by atoms with van der Waals surface area (Å²) in [5, 5.41) is 4.26. The van der Waals surface area contributed by atoms with Crippen LogP contribution in [-0.4, -0.2) is 20.6 Å². The first-order valence-corrected chi connectivity index (χ1v) is 9.28. The van der Waals surface area contributed by atoms with Crippen LogP contribution < -0.4 is 0 Å². The molecule has 0 fully saturated rings. The summed E-state index contributed by atoms with van der Waals surface area (Å²) in [7, 11) is 0. The van der Waals surface area contributed by atoms with Gasteiger partial charge in [-0.05, 0) is 36.8 Å². The quantitative estimate of drug-likeness (QED) is 0.478. The Balaban J connectivity index is 1.66. The SMILES string of the molecule is Cc1c(C(=O)N(Cc2ccccc2)Cc2ccco2)cnn1-c1ccccc1F. The number of benzene rings is 2. The van der Waals surface area contributed by atoms with Crippen LogP contribution in [0.5, 0.6) is 0 Å². The van der Waals surface area contributed by atoms with Crippen molar-refractivity contribution in [3.63, 3.8) is 0 Å². The van der Waals surface area contributed by atoms with E-state index in [1.54, 1.807) is 42.4 Å². The molecule has 2 aromatic carbocycles. The Kier molecular flexibility index (Phi) is 5.24. The number of hydrogen-bond donors (Lipinski definition) is 0. The Morgan fingerprint density at radius 3 is 2.52 bits per heavy atom. The standard InChI is InChI=1S/C23H20FN3O2/c1-17-20(14-25-27(17)22-12-6-5-11-21(22)24)23(28)26(16-19-10-7-13-29-19)15-18-8-3-2-4-9-18/h2-14H,15-16H2,1H3. The lowest BCUT2D eigenvalue weighted by molar-refractivity contribution is 0.0717. The van der Waals surface area contributed by atoms with Crippen molar-refractivity contribution in [3.8, 4) is 5.69 Å². The number of carbonyl (C=O) groups is 1. The summed E-state index contributed by atoms with van der Waals surface area (Å²) in [4.78, 5) is 15.1. The van der Waals surface area contributed by atoms with Gasteiger partial charge in [-0.25, -0.2) is 9.07 Å². The second kappa shape index (κ2) is 8.14. The first kappa shape index (κ1) is 18.7. The summed E-state index contributed by atoms with van der Waals surface area (Å²) in [6.07, 6.45) is 3.08. The predicted molar refractivity (Wildman–Crippen MR) is 107 cm³/mol. The molecule has 0 radical (unpaired) electrons. The van der Waals surface area contributed by atoms with Crippen LogP contribution in [0, 0.1) is 12.7 Å². The maximum atomic E-state index is 14.2. The van der Waals surface area contributed by atoms with Crippen LogP contribution >= 0.6 is 0 Å². The number of halogens is 1. The summed E-state index contributed by atoms with van der Waals surface area (Å²) < 4.78 is 21.1. The van der Waals surface area contributed by atoms with E-state index in [1.165, 1.54) is 16.9 Å². The number of hydrogen-bond acceptors (Lipinski definition) is 3. The van der Waals surface area contributed by atoms with Gasteiger partial charge in [0.25, 0.3) is 5.91 Å². The third-order valence-corrected chi connectivity index (χ3v) is 4.75. The van der Waals surface area contributed by atoms with Crippen LogP contribution in [0.3, 0.4) is 0 Å². The van der Waals surface area contributed by atoms with Gasteiger partial charge in [0.1, 0.15) is 17.3 Å². The number of para-hydroxylation sites is 1. The molecule has 5 nitrogen and oxygen atoms in total. The fraction of sp³-hybridized carbons (Fsp3) is 0.130. The maximum absolute atomic E-state index is 14.2. The highest BCUT2D eigenvalue weighted by Gasteiger charge is 2.23. The van der Waals surface area contributed by atoms with Crippen LogP contribution in [0.1, 0.15) is 27.4 Å². The second-order valence-corrected chi connectivity index (χ2v) is 6.73. The van der Waals surface area contributed by atoms with E-state index in [1.807, 2.05) is 36.4 Å². The van der Waals surface area contributed by atoms with Gasteiger partial charge in [-0.2, -0.15) is 5.10 Å². The average Bonchev–Trinajstić information content (AvgIpc) is 3.38. The van der Waals surface area contributed by atoms with E-state index >= 15 is 0 Å². The highest BCUT2D eigenvalue weighted by atomic mass is 19.1. The number of furan rings is 1. The normalized spacial score (nSPS) is 10.8. The molecule has 6 heteroatoms. The molecule has 2 aromatic heterocycles. The second-order valence-electron chi connectivity index (χ2n) is 6.73. The van der Waals surface area contributed by atoms with Crippen molar-refractivity contribution in [1.82, 2.24) is 14.7 Å². The van der Waals surface area contributed by atoms with Crippen LogP contribution in [0.2, 0.25) is 0 Å². The monoisotopic (exact) mass is 389 g/mol. The third-order valence-electron chi connectivity index (χ3n) is 4.75. The van der Waals surface area contributed by atoms with E-state index in [-0.39, 0.29) is 5.91 Å². The van der Waals surface area contributed by atoms with Crippen LogP contribution in [0.25, 0.3) is 5.69 Å². The molecule has 0 N–H and O–H groups in total. The summed E-state index contributed by atoms with van der Waals surface area (Å²) in [5.41, 5.74) is 2.32. The van der Waals surface area contributed by atoms with Crippen LogP contribution in [0.4, 0.5) is 4.39 Å². The van der Waals surface area contributed by atoms with Gasteiger partial charge in [-0.1, -0.05) is 42.5 Å². The molecule has 4 aromatic rings. The lowest BCUT2D eigenvalue weighted by atomic mass is 10.1. The smallest absolute Gasteiger partial charge is 0.258 e. The Morgan fingerprint density at radius 2 is 1.79 bits per heavy atom. The van der Waals surface area contributed by atoms with E-state index in [0.717, 1.165) is 5.56 Å². The number of aromatic nitrogens is 2. The molecule has 4 rings (SSSR count). The number of amides is 1. The largest absolute Gasteiger partial charge is 0.467 e. The zero-order chi connectivity index (χ0) is 20.2. The molecule has 0 saturated heterocycles. The molecule has 0 spiro atoms. The van der Waals surface area contributed by atoms with E-state index in [4.69, 9.17) is 4.42 Å². The lowest BCUT2D eigenvalue weighted by Gasteiger charge is -2.22. The van der Waals surface area contributed by atoms with Crippen molar-refractivity contribution in [1.29, 1.82) is 0 Å². The summed E-state index contributed by atoms with van der Waals surface area (Å²) in [6, 6.07) is 19.7. The fourth-order valence-corrected chi connectivity index (χ4v) is 3.25. The average molecular weight is 389 g/mol. The van der Waals surface area contributed by atoms with Crippen molar-refractivity contribution in [3.05, 3.63) is 108 Å². The highest BCUT2D eigenvalue weighted by Crippen LogP contribution is 2.20. The maximum Gasteiger partial charge on any atom is 0.258 e. The molecule has 0 saturated carbocycles. The van der Waals surface area contributed by atoms with Crippen molar-refractivity contribution in [2.75, 3.05) is 0 Å². The molecule has 0 atom stereocenters. The zero-order valence-electron chi connectivity index (χ0n) is 16.0. The minimum absolute atomic E-state index is 0.189. The number of carbonyl (C=O) groups excluding carboxylic acids is 1. The minimum Gasteiger partial charge on any atom is -0.467 e. The molecular weight excluding hydrogens is 369 g/mol. The van der Waals surface area contributed by atoms with Crippen molar-refractivity contribution in [2.24, 2.45) is 0 Å². The van der Waals surface area contributed by atoms with Gasteiger partial charge >= 0.3 is 0 Å². The molecule has 0 unspecified atom stereocenters. The number of nitrogens with zero attached hydrogens (tertiary/aromatic N) is 3. The van der Waals surface area contributed by atoms with E-state index in [9.17, 15) is 9.18 Å². The molecule has 0 aliphatic heterocycles. The highest BCUT2D eigenvalue weighted by molar-refractivity contribution is 5.95. The van der Waals surface area contributed by atoms with Crippen molar-refractivity contribution < 1.29 is 13.6 Å². The Morgan fingerprint density at radius 1 is 1.03 bits per heavy atom. The summed E-state index contributed by atoms with van der Waals surface area (Å²) in [6.45, 7) is 2.51. The summed E-state index contributed by atoms with van der Waals surface area (Å²) >= 11 is 0. The molecule has 2 heterocycles. The van der Waals surface area contributed by atoms with Gasteiger partial charge < -0.3 is 9.32 Å². The van der Waals surface area contributed by atoms with Gasteiger partial charge in [0.2, 0.25) is 0 Å². The lowest BCUT2D eigenvalue weighted by Crippen LogP contribution is -2.30. The Hall–Kier alpha value is -3.67. The van der Waals surface area contributed by atoms with Crippen LogP contribution in [-0.2, 0) is 13.1 Å². The predicted octanol–water partition coefficient (Wildman–Crippen LogP) is 4.76. The van der Waals surface area contributed by atoms with Crippen molar-refractivity contribution >= 4 is 5.91 Å². The molecular formula is C23H20FN3O2. The number of rotatable bonds is 6. The molecule has 0 aliphatic rings. The third kappa shape index (κ3) is 3.96. The van der Waals surface area contributed by atoms with E-state index < -0.39 is 5.82 Å². The molecule has 1 amide bonds. The van der Waals surface area contributed by atoms with E-state index in [0.29, 0.717) is 35.8 Å². The summed E-state index contributed by atoms with van der Waals surface area (Å²) in [5.74, 6) is 0.105. The minimum atomic E-state index is -0.394. The molecule has 0 aliphatic carbocycles. The first-order chi connectivity index (χ1) is 14.1. The topological polar surface area (TPSA) is 51.3 Å². The van der Waals surface area contributed by atoms with Gasteiger partial charge in [-0.3, -0.25) is 4.79 Å².